The van der Waals surface area contributed by atoms with Crippen LogP contribution in [0.5, 0.6) is 0 Å². The van der Waals surface area contributed by atoms with Gasteiger partial charge in [0, 0.05) is 11.8 Å². The molecule has 0 aliphatic rings. The Labute approximate surface area is 103 Å². The van der Waals surface area contributed by atoms with Gasteiger partial charge in [-0.3, -0.25) is 4.79 Å². The second kappa shape index (κ2) is 5.14. The SMILES string of the molecule is COC(=O)CCc1nc(-c2ccc(C)o2)cs1. The number of aryl methyl sites for hydroxylation is 2. The minimum absolute atomic E-state index is 0.212. The minimum atomic E-state index is -0.212. The van der Waals surface area contributed by atoms with Crippen molar-refractivity contribution in [3.05, 3.63) is 28.3 Å². The van der Waals surface area contributed by atoms with Crippen LogP contribution in [0.4, 0.5) is 0 Å². The smallest absolute Gasteiger partial charge is 0.305 e. The molecule has 0 spiro atoms. The van der Waals surface area contributed by atoms with E-state index in [2.05, 4.69) is 9.72 Å². The van der Waals surface area contributed by atoms with Crippen molar-refractivity contribution in [1.82, 2.24) is 4.98 Å². The first kappa shape index (κ1) is 11.9. The fourth-order valence-corrected chi connectivity index (χ4v) is 2.21. The average molecular weight is 251 g/mol. The van der Waals surface area contributed by atoms with Crippen molar-refractivity contribution in [3.63, 3.8) is 0 Å². The van der Waals surface area contributed by atoms with E-state index in [9.17, 15) is 4.79 Å². The highest BCUT2D eigenvalue weighted by Gasteiger charge is 2.09. The summed E-state index contributed by atoms with van der Waals surface area (Å²) in [4.78, 5) is 15.4. The summed E-state index contributed by atoms with van der Waals surface area (Å²) >= 11 is 1.53. The molecule has 0 atom stereocenters. The number of ether oxygens (including phenoxy) is 1. The molecule has 2 rings (SSSR count). The highest BCUT2D eigenvalue weighted by Crippen LogP contribution is 2.24. The molecule has 17 heavy (non-hydrogen) atoms. The van der Waals surface area contributed by atoms with Crippen LogP contribution in [0.15, 0.2) is 21.9 Å². The van der Waals surface area contributed by atoms with Crippen LogP contribution in [-0.2, 0) is 16.0 Å². The Bertz CT molecular complexity index is 515. The van der Waals surface area contributed by atoms with Crippen LogP contribution < -0.4 is 0 Å². The Kier molecular flexibility index (Phi) is 3.58. The van der Waals surface area contributed by atoms with Crippen LogP contribution in [-0.4, -0.2) is 18.1 Å². The zero-order valence-corrected chi connectivity index (χ0v) is 10.5. The zero-order chi connectivity index (χ0) is 12.3. The molecule has 0 aromatic carbocycles. The summed E-state index contributed by atoms with van der Waals surface area (Å²) in [6.45, 7) is 1.90. The second-order valence-electron chi connectivity index (χ2n) is 3.61. The maximum absolute atomic E-state index is 11.0. The van der Waals surface area contributed by atoms with Crippen molar-refractivity contribution in [3.8, 4) is 11.5 Å². The third kappa shape index (κ3) is 2.94. The van der Waals surface area contributed by atoms with E-state index in [0.29, 0.717) is 12.8 Å². The van der Waals surface area contributed by atoms with Gasteiger partial charge in [-0.15, -0.1) is 11.3 Å². The first-order chi connectivity index (χ1) is 8.19. The summed E-state index contributed by atoms with van der Waals surface area (Å²) in [5.41, 5.74) is 0.822. The summed E-state index contributed by atoms with van der Waals surface area (Å²) in [5.74, 6) is 1.42. The van der Waals surface area contributed by atoms with Gasteiger partial charge in [-0.1, -0.05) is 0 Å². The number of esters is 1. The molecule has 0 saturated heterocycles. The third-order valence-corrected chi connectivity index (χ3v) is 3.22. The Morgan fingerprint density at radius 1 is 1.53 bits per heavy atom. The number of furan rings is 1. The van der Waals surface area contributed by atoms with Gasteiger partial charge >= 0.3 is 5.97 Å². The van der Waals surface area contributed by atoms with Gasteiger partial charge in [-0.05, 0) is 19.1 Å². The van der Waals surface area contributed by atoms with Gasteiger partial charge in [0.25, 0.3) is 0 Å². The number of thiazole rings is 1. The van der Waals surface area contributed by atoms with Crippen molar-refractivity contribution in [2.45, 2.75) is 19.8 Å². The highest BCUT2D eigenvalue weighted by atomic mass is 32.1. The molecule has 0 N–H and O–H groups in total. The lowest BCUT2D eigenvalue weighted by Gasteiger charge is -1.95. The summed E-state index contributed by atoms with van der Waals surface area (Å²) < 4.78 is 10.1. The summed E-state index contributed by atoms with van der Waals surface area (Å²) in [6, 6.07) is 3.80. The van der Waals surface area contributed by atoms with Crippen molar-refractivity contribution in [1.29, 1.82) is 0 Å². The van der Waals surface area contributed by atoms with Crippen LogP contribution in [0.2, 0.25) is 0 Å². The Balaban J connectivity index is 2.03. The summed E-state index contributed by atoms with van der Waals surface area (Å²) in [5, 5.41) is 2.85. The maximum atomic E-state index is 11.0. The fraction of sp³-hybridized carbons (Fsp3) is 0.333. The Hall–Kier alpha value is -1.62. The van der Waals surface area contributed by atoms with Crippen molar-refractivity contribution >= 4 is 17.3 Å². The molecule has 2 heterocycles. The van der Waals surface area contributed by atoms with Gasteiger partial charge in [0.2, 0.25) is 0 Å². The molecule has 2 aromatic rings. The molecule has 4 nitrogen and oxygen atoms in total. The Morgan fingerprint density at radius 3 is 3.00 bits per heavy atom. The largest absolute Gasteiger partial charge is 0.469 e. The number of hydrogen-bond donors (Lipinski definition) is 0. The molecule has 5 heteroatoms. The van der Waals surface area contributed by atoms with E-state index in [0.717, 1.165) is 22.2 Å². The molecule has 2 aromatic heterocycles. The standard InChI is InChI=1S/C12H13NO3S/c1-8-3-4-10(16-8)9-7-17-11(13-9)5-6-12(14)15-2/h3-4,7H,5-6H2,1-2H3. The van der Waals surface area contributed by atoms with E-state index in [-0.39, 0.29) is 5.97 Å². The number of aromatic nitrogens is 1. The van der Waals surface area contributed by atoms with Gasteiger partial charge in [0.05, 0.1) is 18.5 Å². The normalized spacial score (nSPS) is 10.5. The quantitative estimate of drug-likeness (QED) is 0.784. The molecule has 0 aliphatic heterocycles. The van der Waals surface area contributed by atoms with Gasteiger partial charge in [0.15, 0.2) is 5.76 Å². The van der Waals surface area contributed by atoms with E-state index in [1.165, 1.54) is 18.4 Å². The number of methoxy groups -OCH3 is 1. The molecule has 0 aliphatic carbocycles. The number of hydrogen-bond acceptors (Lipinski definition) is 5. The topological polar surface area (TPSA) is 52.3 Å². The lowest BCUT2D eigenvalue weighted by atomic mass is 10.3. The van der Waals surface area contributed by atoms with Crippen LogP contribution in [0.25, 0.3) is 11.5 Å². The molecule has 0 fully saturated rings. The number of carbonyl (C=O) groups is 1. The predicted molar refractivity (Wildman–Crippen MR) is 64.9 cm³/mol. The lowest BCUT2D eigenvalue weighted by Crippen LogP contribution is -2.01. The maximum Gasteiger partial charge on any atom is 0.305 e. The van der Waals surface area contributed by atoms with Gasteiger partial charge in [-0.2, -0.15) is 0 Å². The number of carbonyl (C=O) groups excluding carboxylic acids is 1. The monoisotopic (exact) mass is 251 g/mol. The second-order valence-corrected chi connectivity index (χ2v) is 4.56. The fourth-order valence-electron chi connectivity index (χ4n) is 1.42. The van der Waals surface area contributed by atoms with Crippen LogP contribution >= 0.6 is 11.3 Å². The van der Waals surface area contributed by atoms with Crippen molar-refractivity contribution in [2.24, 2.45) is 0 Å². The van der Waals surface area contributed by atoms with Crippen molar-refractivity contribution in [2.75, 3.05) is 7.11 Å². The van der Waals surface area contributed by atoms with Crippen LogP contribution in [0.1, 0.15) is 17.2 Å². The average Bonchev–Trinajstić information content (AvgIpc) is 2.94. The van der Waals surface area contributed by atoms with Gasteiger partial charge < -0.3 is 9.15 Å². The highest BCUT2D eigenvalue weighted by molar-refractivity contribution is 7.09. The molecular weight excluding hydrogens is 238 g/mol. The molecule has 0 amide bonds. The van der Waals surface area contributed by atoms with Crippen LogP contribution in [0.3, 0.4) is 0 Å². The van der Waals surface area contributed by atoms with Gasteiger partial charge in [-0.25, -0.2) is 4.98 Å². The first-order valence-electron chi connectivity index (χ1n) is 5.27. The lowest BCUT2D eigenvalue weighted by molar-refractivity contribution is -0.140. The Morgan fingerprint density at radius 2 is 2.35 bits per heavy atom. The molecule has 0 radical (unpaired) electrons. The van der Waals surface area contributed by atoms with Gasteiger partial charge in [0.1, 0.15) is 11.5 Å². The number of rotatable bonds is 4. The molecule has 0 saturated carbocycles. The van der Waals surface area contributed by atoms with E-state index >= 15 is 0 Å². The molecule has 90 valence electrons. The predicted octanol–water partition coefficient (Wildman–Crippen LogP) is 2.82. The van der Waals surface area contributed by atoms with E-state index in [1.54, 1.807) is 0 Å². The van der Waals surface area contributed by atoms with E-state index < -0.39 is 0 Å². The first-order valence-corrected chi connectivity index (χ1v) is 6.15. The zero-order valence-electron chi connectivity index (χ0n) is 9.73. The van der Waals surface area contributed by atoms with Crippen molar-refractivity contribution < 1.29 is 13.9 Å². The van der Waals surface area contributed by atoms with Crippen LogP contribution in [0, 0.1) is 6.92 Å². The third-order valence-electron chi connectivity index (χ3n) is 2.32. The molecule has 0 unspecified atom stereocenters. The van der Waals surface area contributed by atoms with E-state index in [1.807, 2.05) is 24.4 Å². The molecule has 0 bridgehead atoms. The summed E-state index contributed by atoms with van der Waals surface area (Å²) in [6.07, 6.45) is 0.970. The minimum Gasteiger partial charge on any atom is -0.469 e. The number of nitrogens with zero attached hydrogens (tertiary/aromatic N) is 1. The summed E-state index contributed by atoms with van der Waals surface area (Å²) in [7, 11) is 1.39. The molecular formula is C12H13NO3S. The van der Waals surface area contributed by atoms with E-state index in [4.69, 9.17) is 4.42 Å².